The maximum atomic E-state index is 9.26. The van der Waals surface area contributed by atoms with Gasteiger partial charge in [-0.2, -0.15) is 0 Å². The lowest BCUT2D eigenvalue weighted by atomic mass is 10.1. The van der Waals surface area contributed by atoms with Crippen molar-refractivity contribution in [3.63, 3.8) is 0 Å². The molecule has 0 fully saturated rings. The summed E-state index contributed by atoms with van der Waals surface area (Å²) in [6.45, 7) is 6.83. The SMILES string of the molecule is C=C(Br)/C=C\C(N)C#CC(C)(C)O. The van der Waals surface area contributed by atoms with Gasteiger partial charge < -0.3 is 10.8 Å². The van der Waals surface area contributed by atoms with Crippen LogP contribution in [0.3, 0.4) is 0 Å². The Morgan fingerprint density at radius 2 is 2.23 bits per heavy atom. The maximum absolute atomic E-state index is 9.26. The first kappa shape index (κ1) is 12.4. The molecule has 0 saturated carbocycles. The van der Waals surface area contributed by atoms with Crippen LogP contribution in [0, 0.1) is 11.8 Å². The van der Waals surface area contributed by atoms with E-state index in [2.05, 4.69) is 34.3 Å². The zero-order valence-corrected chi connectivity index (χ0v) is 9.43. The molecule has 0 aliphatic rings. The van der Waals surface area contributed by atoms with Crippen LogP contribution in [0.5, 0.6) is 0 Å². The van der Waals surface area contributed by atoms with E-state index >= 15 is 0 Å². The number of allylic oxidation sites excluding steroid dienone is 2. The Labute approximate surface area is 87.6 Å². The Morgan fingerprint density at radius 3 is 2.62 bits per heavy atom. The second-order valence-corrected chi connectivity index (χ2v) is 4.18. The van der Waals surface area contributed by atoms with Gasteiger partial charge in [-0.05, 0) is 13.8 Å². The van der Waals surface area contributed by atoms with Crippen LogP contribution in [0.4, 0.5) is 0 Å². The quantitative estimate of drug-likeness (QED) is 0.572. The maximum Gasteiger partial charge on any atom is 0.120 e. The lowest BCUT2D eigenvalue weighted by Gasteiger charge is -2.06. The average Bonchev–Trinajstić information content (AvgIpc) is 1.95. The van der Waals surface area contributed by atoms with Crippen LogP contribution in [0.25, 0.3) is 0 Å². The minimum atomic E-state index is -0.989. The van der Waals surface area contributed by atoms with Crippen molar-refractivity contribution in [1.29, 1.82) is 0 Å². The van der Waals surface area contributed by atoms with Crippen molar-refractivity contribution < 1.29 is 5.11 Å². The van der Waals surface area contributed by atoms with Crippen LogP contribution in [0.15, 0.2) is 23.2 Å². The lowest BCUT2D eigenvalue weighted by molar-refractivity contribution is 0.143. The molecule has 13 heavy (non-hydrogen) atoms. The summed E-state index contributed by atoms with van der Waals surface area (Å²) >= 11 is 3.16. The highest BCUT2D eigenvalue weighted by Crippen LogP contribution is 2.02. The van der Waals surface area contributed by atoms with Crippen molar-refractivity contribution in [2.24, 2.45) is 5.73 Å². The van der Waals surface area contributed by atoms with Gasteiger partial charge in [-0.1, -0.05) is 46.5 Å². The van der Waals surface area contributed by atoms with Crippen LogP contribution in [-0.4, -0.2) is 16.7 Å². The first-order valence-corrected chi connectivity index (χ1v) is 4.64. The Kier molecular flexibility index (Phi) is 5.01. The summed E-state index contributed by atoms with van der Waals surface area (Å²) in [5, 5.41) is 9.26. The van der Waals surface area contributed by atoms with Crippen LogP contribution in [0.2, 0.25) is 0 Å². The molecule has 0 aromatic heterocycles. The summed E-state index contributed by atoms with van der Waals surface area (Å²) in [5.74, 6) is 5.34. The van der Waals surface area contributed by atoms with Gasteiger partial charge in [0.1, 0.15) is 5.60 Å². The molecule has 0 aromatic rings. The zero-order chi connectivity index (χ0) is 10.5. The molecule has 1 unspecified atom stereocenters. The third-order valence-electron chi connectivity index (χ3n) is 1.03. The second-order valence-electron chi connectivity index (χ2n) is 3.16. The monoisotopic (exact) mass is 243 g/mol. The van der Waals surface area contributed by atoms with Crippen LogP contribution < -0.4 is 5.73 Å². The third kappa shape index (κ3) is 9.35. The number of rotatable bonds is 2. The highest BCUT2D eigenvalue weighted by atomic mass is 79.9. The van der Waals surface area contributed by atoms with E-state index in [1.807, 2.05) is 0 Å². The number of nitrogens with two attached hydrogens (primary N) is 1. The molecule has 0 aliphatic carbocycles. The fourth-order valence-electron chi connectivity index (χ4n) is 0.516. The van der Waals surface area contributed by atoms with E-state index in [0.29, 0.717) is 0 Å². The molecule has 1 atom stereocenters. The predicted octanol–water partition coefficient (Wildman–Crippen LogP) is 1.55. The molecular formula is C10H14BrNO. The van der Waals surface area contributed by atoms with Gasteiger partial charge in [0.15, 0.2) is 0 Å². The molecule has 0 saturated heterocycles. The second kappa shape index (κ2) is 5.23. The van der Waals surface area contributed by atoms with Crippen LogP contribution >= 0.6 is 15.9 Å². The van der Waals surface area contributed by atoms with E-state index in [0.717, 1.165) is 4.48 Å². The molecule has 0 bridgehead atoms. The Hall–Kier alpha value is -0.560. The molecule has 3 N–H and O–H groups in total. The normalized spacial score (nSPS) is 13.6. The van der Waals surface area contributed by atoms with Crippen molar-refractivity contribution in [3.05, 3.63) is 23.2 Å². The minimum absolute atomic E-state index is 0.374. The molecule has 72 valence electrons. The van der Waals surface area contributed by atoms with E-state index in [4.69, 9.17) is 5.73 Å². The summed E-state index contributed by atoms with van der Waals surface area (Å²) in [5.41, 5.74) is 4.61. The highest BCUT2D eigenvalue weighted by molar-refractivity contribution is 9.11. The third-order valence-corrected chi connectivity index (χ3v) is 1.29. The predicted molar refractivity (Wildman–Crippen MR) is 59.3 cm³/mol. The number of hydrogen-bond acceptors (Lipinski definition) is 2. The van der Waals surface area contributed by atoms with E-state index in [1.165, 1.54) is 0 Å². The van der Waals surface area contributed by atoms with E-state index in [-0.39, 0.29) is 6.04 Å². The van der Waals surface area contributed by atoms with Gasteiger partial charge in [0.25, 0.3) is 0 Å². The van der Waals surface area contributed by atoms with Gasteiger partial charge in [0.05, 0.1) is 6.04 Å². The van der Waals surface area contributed by atoms with Crippen molar-refractivity contribution >= 4 is 15.9 Å². The molecule has 0 amide bonds. The number of halogens is 1. The number of hydrogen-bond donors (Lipinski definition) is 2. The Balaban J connectivity index is 4.21. The summed E-state index contributed by atoms with van der Waals surface area (Å²) < 4.78 is 0.744. The Bertz CT molecular complexity index is 265. The summed E-state index contributed by atoms with van der Waals surface area (Å²) in [6, 6.07) is -0.374. The fourth-order valence-corrected chi connectivity index (χ4v) is 0.669. The van der Waals surface area contributed by atoms with Gasteiger partial charge in [-0.25, -0.2) is 0 Å². The van der Waals surface area contributed by atoms with Gasteiger partial charge in [0, 0.05) is 4.48 Å². The minimum Gasteiger partial charge on any atom is -0.378 e. The van der Waals surface area contributed by atoms with Crippen molar-refractivity contribution in [2.45, 2.75) is 25.5 Å². The van der Waals surface area contributed by atoms with Gasteiger partial charge in [0.2, 0.25) is 0 Å². The average molecular weight is 244 g/mol. The Morgan fingerprint density at radius 1 is 1.69 bits per heavy atom. The zero-order valence-electron chi connectivity index (χ0n) is 7.84. The molecular weight excluding hydrogens is 230 g/mol. The highest BCUT2D eigenvalue weighted by Gasteiger charge is 2.05. The first-order chi connectivity index (χ1) is 5.81. The molecule has 0 radical (unpaired) electrons. The first-order valence-electron chi connectivity index (χ1n) is 3.84. The smallest absolute Gasteiger partial charge is 0.120 e. The molecule has 2 nitrogen and oxygen atoms in total. The van der Waals surface area contributed by atoms with E-state index in [1.54, 1.807) is 26.0 Å². The summed E-state index contributed by atoms with van der Waals surface area (Å²) in [6.07, 6.45) is 3.43. The topological polar surface area (TPSA) is 46.2 Å². The largest absolute Gasteiger partial charge is 0.378 e. The van der Waals surface area contributed by atoms with Gasteiger partial charge >= 0.3 is 0 Å². The van der Waals surface area contributed by atoms with E-state index < -0.39 is 5.60 Å². The standard InChI is InChI=1S/C10H14BrNO/c1-8(11)4-5-9(12)6-7-10(2,3)13/h4-5,9,13H,1,12H2,2-3H3/b5-4-. The van der Waals surface area contributed by atoms with E-state index in [9.17, 15) is 5.11 Å². The number of aliphatic hydroxyl groups is 1. The molecule has 0 heterocycles. The van der Waals surface area contributed by atoms with Crippen LogP contribution in [0.1, 0.15) is 13.8 Å². The summed E-state index contributed by atoms with van der Waals surface area (Å²) in [7, 11) is 0. The van der Waals surface area contributed by atoms with Crippen molar-refractivity contribution in [1.82, 2.24) is 0 Å². The summed E-state index contributed by atoms with van der Waals surface area (Å²) in [4.78, 5) is 0. The van der Waals surface area contributed by atoms with Gasteiger partial charge in [-0.3, -0.25) is 0 Å². The van der Waals surface area contributed by atoms with Crippen molar-refractivity contribution in [2.75, 3.05) is 0 Å². The van der Waals surface area contributed by atoms with Gasteiger partial charge in [-0.15, -0.1) is 0 Å². The molecule has 3 heteroatoms. The lowest BCUT2D eigenvalue weighted by Crippen LogP contribution is -2.19. The van der Waals surface area contributed by atoms with Crippen LogP contribution in [-0.2, 0) is 0 Å². The molecule has 0 rings (SSSR count). The molecule has 0 spiro atoms. The molecule has 0 aromatic carbocycles. The fraction of sp³-hybridized carbons (Fsp3) is 0.400. The molecule has 0 aliphatic heterocycles. The van der Waals surface area contributed by atoms with Crippen molar-refractivity contribution in [3.8, 4) is 11.8 Å².